The lowest BCUT2D eigenvalue weighted by molar-refractivity contribution is 0.0140. The number of aromatic hydroxyl groups is 1. The van der Waals surface area contributed by atoms with Crippen LogP contribution >= 0.6 is 0 Å². The van der Waals surface area contributed by atoms with Gasteiger partial charge in [0.1, 0.15) is 28.1 Å². The highest BCUT2D eigenvalue weighted by Crippen LogP contribution is 2.34. The van der Waals surface area contributed by atoms with E-state index in [-0.39, 0.29) is 41.2 Å². The predicted octanol–water partition coefficient (Wildman–Crippen LogP) is 3.84. The molecule has 0 unspecified atom stereocenters. The van der Waals surface area contributed by atoms with E-state index < -0.39 is 17.6 Å². The first-order valence-corrected chi connectivity index (χ1v) is 11.4. The second kappa shape index (κ2) is 8.26. The van der Waals surface area contributed by atoms with Crippen LogP contribution in [-0.4, -0.2) is 63.7 Å². The maximum Gasteiger partial charge on any atom is 0.410 e. The number of hydrogen-bond donors (Lipinski definition) is 1. The molecule has 180 valence electrons. The number of phenols is 1. The zero-order chi connectivity index (χ0) is 24.9. The number of piperazine rings is 1. The molecule has 0 saturated carbocycles. The Labute approximate surface area is 200 Å². The van der Waals surface area contributed by atoms with Crippen molar-refractivity contribution in [2.45, 2.75) is 26.4 Å². The molecule has 2 amide bonds. The highest BCUT2D eigenvalue weighted by Gasteiger charge is 2.31. The Balaban J connectivity index is 1.50. The van der Waals surface area contributed by atoms with Gasteiger partial charge in [-0.15, -0.1) is 0 Å². The maximum atomic E-state index is 13.4. The van der Waals surface area contributed by atoms with Crippen LogP contribution in [0, 0.1) is 0 Å². The van der Waals surface area contributed by atoms with Crippen molar-refractivity contribution in [3.63, 3.8) is 0 Å². The van der Waals surface area contributed by atoms with E-state index in [1.165, 1.54) is 12.1 Å². The van der Waals surface area contributed by atoms with Crippen LogP contribution in [0.2, 0.25) is 0 Å². The number of phenolic OH excluding ortho intramolecular Hbond substituents is 1. The molecule has 0 aromatic heterocycles. The van der Waals surface area contributed by atoms with E-state index in [1.807, 2.05) is 6.07 Å². The van der Waals surface area contributed by atoms with Crippen LogP contribution in [0.4, 0.5) is 4.79 Å². The SMILES string of the molecule is CC(C)(C)OC(=O)N1CCN(C(=O)c2c(O)ccc3nc4c5ccccc5c(=O)cc-4oc23)CC1. The molecule has 9 nitrogen and oxygen atoms in total. The standard InChI is InChI=1S/C26H25N3O6/c1-26(2,3)35-25(33)29-12-10-28(11-13-29)24(32)21-18(30)9-8-17-23(21)34-20-14-19(31)15-6-4-5-7-16(15)22(20)27-17/h4-9,14,30H,10-13H2,1-3H3. The van der Waals surface area contributed by atoms with Gasteiger partial charge in [0.2, 0.25) is 0 Å². The fraction of sp³-hybridized carbons (Fsp3) is 0.308. The van der Waals surface area contributed by atoms with Gasteiger partial charge in [0.25, 0.3) is 5.91 Å². The normalized spacial score (nSPS) is 14.6. The van der Waals surface area contributed by atoms with Crippen molar-refractivity contribution >= 4 is 33.9 Å². The van der Waals surface area contributed by atoms with Gasteiger partial charge < -0.3 is 24.1 Å². The molecule has 0 atom stereocenters. The van der Waals surface area contributed by atoms with Gasteiger partial charge in [-0.2, -0.15) is 0 Å². The average molecular weight is 476 g/mol. The van der Waals surface area contributed by atoms with Crippen LogP contribution in [0.1, 0.15) is 31.1 Å². The molecule has 3 aliphatic rings. The van der Waals surface area contributed by atoms with Crippen molar-refractivity contribution in [2.24, 2.45) is 0 Å². The maximum absolute atomic E-state index is 13.4. The predicted molar refractivity (Wildman–Crippen MR) is 130 cm³/mol. The number of hydrogen-bond acceptors (Lipinski definition) is 7. The molecule has 2 aromatic carbocycles. The minimum Gasteiger partial charge on any atom is -0.507 e. The Morgan fingerprint density at radius 1 is 1.00 bits per heavy atom. The second-order valence-corrected chi connectivity index (χ2v) is 9.55. The Morgan fingerprint density at radius 2 is 1.66 bits per heavy atom. The molecule has 1 aliphatic carbocycles. The molecule has 1 saturated heterocycles. The Morgan fingerprint density at radius 3 is 2.34 bits per heavy atom. The van der Waals surface area contributed by atoms with Crippen molar-refractivity contribution in [3.8, 4) is 17.2 Å². The van der Waals surface area contributed by atoms with Crippen molar-refractivity contribution in [1.82, 2.24) is 14.8 Å². The minimum atomic E-state index is -0.606. The number of carbonyl (C=O) groups is 2. The highest BCUT2D eigenvalue weighted by atomic mass is 16.6. The molecule has 0 spiro atoms. The van der Waals surface area contributed by atoms with E-state index in [9.17, 15) is 19.5 Å². The number of benzene rings is 3. The number of amides is 2. The first kappa shape index (κ1) is 22.6. The molecule has 1 fully saturated rings. The summed E-state index contributed by atoms with van der Waals surface area (Å²) < 4.78 is 11.4. The van der Waals surface area contributed by atoms with Crippen LogP contribution in [0.15, 0.2) is 51.7 Å². The Kier molecular flexibility index (Phi) is 5.35. The summed E-state index contributed by atoms with van der Waals surface area (Å²) in [4.78, 5) is 46.1. The van der Waals surface area contributed by atoms with E-state index in [2.05, 4.69) is 4.98 Å². The Hall–Kier alpha value is -4.14. The van der Waals surface area contributed by atoms with Crippen LogP contribution in [0.25, 0.3) is 33.3 Å². The largest absolute Gasteiger partial charge is 0.507 e. The van der Waals surface area contributed by atoms with E-state index in [4.69, 9.17) is 9.15 Å². The van der Waals surface area contributed by atoms with Crippen molar-refractivity contribution in [2.75, 3.05) is 26.2 Å². The first-order chi connectivity index (χ1) is 16.6. The zero-order valence-electron chi connectivity index (χ0n) is 19.7. The van der Waals surface area contributed by atoms with Gasteiger partial charge in [0.05, 0.1) is 0 Å². The molecule has 9 heteroatoms. The van der Waals surface area contributed by atoms with Crippen LogP contribution in [0.5, 0.6) is 5.75 Å². The molecular weight excluding hydrogens is 450 g/mol. The van der Waals surface area contributed by atoms with Crippen molar-refractivity contribution in [3.05, 3.63) is 58.3 Å². The molecule has 2 aliphatic heterocycles. The first-order valence-electron chi connectivity index (χ1n) is 11.4. The number of fused-ring (bicyclic) bond motifs is 4. The summed E-state index contributed by atoms with van der Waals surface area (Å²) in [5.74, 6) is -0.453. The topological polar surface area (TPSA) is 113 Å². The average Bonchev–Trinajstić information content (AvgIpc) is 2.82. The highest BCUT2D eigenvalue weighted by molar-refractivity contribution is 6.07. The Bertz CT molecular complexity index is 1500. The molecule has 0 bridgehead atoms. The third-order valence-electron chi connectivity index (χ3n) is 5.93. The van der Waals surface area contributed by atoms with E-state index >= 15 is 0 Å². The van der Waals surface area contributed by atoms with E-state index in [0.29, 0.717) is 35.1 Å². The van der Waals surface area contributed by atoms with Gasteiger partial charge in [0.15, 0.2) is 16.8 Å². The summed E-state index contributed by atoms with van der Waals surface area (Å²) in [5, 5.41) is 11.8. The molecular formula is C26H25N3O6. The van der Waals surface area contributed by atoms with Crippen molar-refractivity contribution < 1.29 is 23.8 Å². The third-order valence-corrected chi connectivity index (χ3v) is 5.93. The van der Waals surface area contributed by atoms with Crippen LogP contribution in [-0.2, 0) is 4.74 Å². The lowest BCUT2D eigenvalue weighted by Crippen LogP contribution is -2.51. The molecule has 5 rings (SSSR count). The molecule has 2 aromatic rings. The number of aromatic nitrogens is 1. The minimum absolute atomic E-state index is 0.0248. The fourth-order valence-corrected chi connectivity index (χ4v) is 4.26. The summed E-state index contributed by atoms with van der Waals surface area (Å²) in [6.07, 6.45) is -0.427. The molecule has 35 heavy (non-hydrogen) atoms. The summed E-state index contributed by atoms with van der Waals surface area (Å²) >= 11 is 0. The number of ether oxygens (including phenoxy) is 1. The smallest absolute Gasteiger partial charge is 0.410 e. The lowest BCUT2D eigenvalue weighted by Gasteiger charge is -2.35. The fourth-order valence-electron chi connectivity index (χ4n) is 4.26. The van der Waals surface area contributed by atoms with Gasteiger partial charge in [-0.05, 0) is 32.9 Å². The lowest BCUT2D eigenvalue weighted by atomic mass is 10.0. The van der Waals surface area contributed by atoms with Crippen LogP contribution in [0.3, 0.4) is 0 Å². The third kappa shape index (κ3) is 4.14. The summed E-state index contributed by atoms with van der Waals surface area (Å²) in [5.41, 5.74) is 0.141. The summed E-state index contributed by atoms with van der Waals surface area (Å²) in [6, 6.07) is 11.5. The van der Waals surface area contributed by atoms with Gasteiger partial charge in [-0.25, -0.2) is 9.78 Å². The molecule has 0 radical (unpaired) electrons. The van der Waals surface area contributed by atoms with Gasteiger partial charge >= 0.3 is 6.09 Å². The van der Waals surface area contributed by atoms with E-state index in [0.717, 1.165) is 0 Å². The van der Waals surface area contributed by atoms with Gasteiger partial charge in [-0.1, -0.05) is 24.3 Å². The number of rotatable bonds is 1. The van der Waals surface area contributed by atoms with Crippen molar-refractivity contribution in [1.29, 1.82) is 0 Å². The quantitative estimate of drug-likeness (QED) is 0.329. The zero-order valence-corrected chi connectivity index (χ0v) is 19.7. The summed E-state index contributed by atoms with van der Waals surface area (Å²) in [6.45, 7) is 6.54. The van der Waals surface area contributed by atoms with Gasteiger partial charge in [0, 0.05) is 43.0 Å². The molecule has 2 heterocycles. The number of nitrogens with zero attached hydrogens (tertiary/aromatic N) is 3. The summed E-state index contributed by atoms with van der Waals surface area (Å²) in [7, 11) is 0. The van der Waals surface area contributed by atoms with Gasteiger partial charge in [-0.3, -0.25) is 9.59 Å². The van der Waals surface area contributed by atoms with Crippen LogP contribution < -0.4 is 5.43 Å². The second-order valence-electron chi connectivity index (χ2n) is 9.55. The number of carbonyl (C=O) groups excluding carboxylic acids is 2. The van der Waals surface area contributed by atoms with E-state index in [1.54, 1.807) is 54.8 Å². The monoisotopic (exact) mass is 475 g/mol. The molecule has 1 N–H and O–H groups in total.